The molecule has 1 atom stereocenters. The summed E-state index contributed by atoms with van der Waals surface area (Å²) in [5.74, 6) is -2.76. The normalized spacial score (nSPS) is 12.3. The molecule has 0 fully saturated rings. The maximum Gasteiger partial charge on any atom is 0.326 e. The van der Waals surface area contributed by atoms with Gasteiger partial charge in [-0.05, 0) is 31.0 Å². The molecule has 2 amide bonds. The summed E-state index contributed by atoms with van der Waals surface area (Å²) in [6.45, 7) is 5.66. The van der Waals surface area contributed by atoms with E-state index >= 15 is 0 Å². The van der Waals surface area contributed by atoms with Gasteiger partial charge in [0, 0.05) is 23.3 Å². The first-order valence-corrected chi connectivity index (χ1v) is 11.9. The molecule has 13 heteroatoms. The third-order valence-corrected chi connectivity index (χ3v) is 6.38. The van der Waals surface area contributed by atoms with Crippen LogP contribution in [0.25, 0.3) is 11.4 Å². The minimum atomic E-state index is -1.31. The maximum atomic E-state index is 12.4. The number of aliphatic carboxylic acids is 2. The smallest absolute Gasteiger partial charge is 0.326 e. The molecule has 3 rings (SSSR count). The average Bonchev–Trinajstić information content (AvgIpc) is 3.42. The molecule has 0 unspecified atom stereocenters. The Labute approximate surface area is 210 Å². The summed E-state index contributed by atoms with van der Waals surface area (Å²) in [6, 6.07) is 3.53. The Balaban J connectivity index is 1.65. The molecule has 3 heterocycles. The number of nitrogens with one attached hydrogen (secondary N) is 2. The number of fused-ring (bicyclic) bond motifs is 1. The number of carbonyl (C=O) groups excluding carboxylic acids is 2. The minimum absolute atomic E-state index is 0.0685. The minimum Gasteiger partial charge on any atom is -0.494 e. The zero-order valence-corrected chi connectivity index (χ0v) is 20.8. The van der Waals surface area contributed by atoms with Crippen molar-refractivity contribution in [1.29, 1.82) is 0 Å². The molecule has 2 aliphatic heterocycles. The van der Waals surface area contributed by atoms with Crippen molar-refractivity contribution in [3.8, 4) is 17.3 Å². The number of thiophene rings is 1. The second kappa shape index (κ2) is 10.7. The second-order valence-electron chi connectivity index (χ2n) is 9.16. The number of hydrogen-bond acceptors (Lipinski definition) is 8. The summed E-state index contributed by atoms with van der Waals surface area (Å²) >= 11 is 1.16. The first-order chi connectivity index (χ1) is 16.8. The van der Waals surface area contributed by atoms with Crippen LogP contribution < -0.4 is 10.6 Å². The zero-order chi connectivity index (χ0) is 26.6. The van der Waals surface area contributed by atoms with Crippen molar-refractivity contribution in [2.45, 2.75) is 52.6 Å². The van der Waals surface area contributed by atoms with E-state index in [2.05, 4.69) is 20.6 Å². The summed E-state index contributed by atoms with van der Waals surface area (Å²) in [5.41, 5.74) is -0.224. The van der Waals surface area contributed by atoms with Gasteiger partial charge < -0.3 is 30.5 Å². The number of aromatic hydroxyl groups is 1. The Bertz CT molecular complexity index is 1260. The number of carboxylic acid groups (broad SMARTS) is 2. The highest BCUT2D eigenvalue weighted by atomic mass is 32.1. The molecule has 0 saturated carbocycles. The number of hydrogen-bond donors (Lipinski definition) is 5. The zero-order valence-electron chi connectivity index (χ0n) is 19.9. The fourth-order valence-corrected chi connectivity index (χ4v) is 4.06. The first kappa shape index (κ1) is 26.6. The summed E-state index contributed by atoms with van der Waals surface area (Å²) in [7, 11) is 0. The highest BCUT2D eigenvalue weighted by Crippen LogP contribution is 2.32. The molecular weight excluding hydrogens is 490 g/mol. The number of aryl methyl sites for hydroxylation is 2. The van der Waals surface area contributed by atoms with Crippen molar-refractivity contribution in [2.75, 3.05) is 5.32 Å². The van der Waals surface area contributed by atoms with E-state index in [0.29, 0.717) is 30.2 Å². The summed E-state index contributed by atoms with van der Waals surface area (Å²) in [6.07, 6.45) is 1.28. The van der Waals surface area contributed by atoms with Crippen LogP contribution in [0.4, 0.5) is 5.82 Å². The number of nitrogens with zero attached hydrogens (tertiary/aromatic N) is 3. The quantitative estimate of drug-likeness (QED) is 0.269. The van der Waals surface area contributed by atoms with Crippen LogP contribution in [0.1, 0.15) is 48.2 Å². The largest absolute Gasteiger partial charge is 0.494 e. The Morgan fingerprint density at radius 1 is 1.17 bits per heavy atom. The van der Waals surface area contributed by atoms with Crippen LogP contribution in [0.2, 0.25) is 0 Å². The van der Waals surface area contributed by atoms with Gasteiger partial charge >= 0.3 is 11.9 Å². The lowest BCUT2D eigenvalue weighted by Gasteiger charge is -2.16. The number of aromatic nitrogens is 3. The van der Waals surface area contributed by atoms with Crippen molar-refractivity contribution >= 4 is 40.9 Å². The monoisotopic (exact) mass is 517 g/mol. The molecule has 0 radical (unpaired) electrons. The molecule has 192 valence electrons. The van der Waals surface area contributed by atoms with E-state index in [1.807, 2.05) is 0 Å². The van der Waals surface area contributed by atoms with Gasteiger partial charge in [-0.3, -0.25) is 14.4 Å². The number of carboxylic acids is 2. The SMILES string of the molecule is CC(C)(C)C(=O)Nc1cc2c(O)n(CCc3ccc(C(=O)N[C@@H](CCC(=O)O)C(=O)O)s3)cnc-2n1. The number of amides is 2. The lowest BCUT2D eigenvalue weighted by atomic mass is 9.96. The number of carbonyl (C=O) groups is 4. The van der Waals surface area contributed by atoms with Crippen LogP contribution in [0.15, 0.2) is 24.5 Å². The molecule has 36 heavy (non-hydrogen) atoms. The van der Waals surface area contributed by atoms with Crippen molar-refractivity contribution in [3.05, 3.63) is 34.3 Å². The maximum absolute atomic E-state index is 12.4. The fourth-order valence-electron chi connectivity index (χ4n) is 3.16. The van der Waals surface area contributed by atoms with Gasteiger partial charge in [0.15, 0.2) is 5.82 Å². The molecule has 1 aromatic rings. The molecule has 0 aliphatic carbocycles. The molecule has 0 bridgehead atoms. The first-order valence-electron chi connectivity index (χ1n) is 11.1. The molecule has 2 aliphatic rings. The predicted octanol–water partition coefficient (Wildman–Crippen LogP) is 2.43. The van der Waals surface area contributed by atoms with Crippen LogP contribution in [0.5, 0.6) is 5.88 Å². The third-order valence-electron chi connectivity index (χ3n) is 5.24. The van der Waals surface area contributed by atoms with Gasteiger partial charge in [0.1, 0.15) is 11.9 Å². The Morgan fingerprint density at radius 2 is 1.89 bits per heavy atom. The highest BCUT2D eigenvalue weighted by molar-refractivity contribution is 7.14. The van der Waals surface area contributed by atoms with Gasteiger partial charge in [-0.15, -0.1) is 11.3 Å². The van der Waals surface area contributed by atoms with Gasteiger partial charge in [-0.1, -0.05) is 20.8 Å². The van der Waals surface area contributed by atoms with Crippen molar-refractivity contribution < 1.29 is 34.5 Å². The van der Waals surface area contributed by atoms with Crippen LogP contribution >= 0.6 is 11.3 Å². The number of rotatable bonds is 10. The molecule has 0 saturated heterocycles. The van der Waals surface area contributed by atoms with Crippen LogP contribution in [0, 0.1) is 5.41 Å². The molecule has 1 aromatic heterocycles. The van der Waals surface area contributed by atoms with Crippen molar-refractivity contribution in [2.24, 2.45) is 5.41 Å². The summed E-state index contributed by atoms with van der Waals surface area (Å²) in [4.78, 5) is 56.2. The van der Waals surface area contributed by atoms with Crippen molar-refractivity contribution in [3.63, 3.8) is 0 Å². The highest BCUT2D eigenvalue weighted by Gasteiger charge is 2.25. The number of anilines is 1. The van der Waals surface area contributed by atoms with E-state index in [4.69, 9.17) is 5.11 Å². The van der Waals surface area contributed by atoms with E-state index in [9.17, 15) is 29.4 Å². The Kier molecular flexibility index (Phi) is 7.93. The average molecular weight is 518 g/mol. The van der Waals surface area contributed by atoms with E-state index in [1.165, 1.54) is 10.9 Å². The lowest BCUT2D eigenvalue weighted by molar-refractivity contribution is -0.140. The van der Waals surface area contributed by atoms with Gasteiger partial charge in [0.25, 0.3) is 5.91 Å². The van der Waals surface area contributed by atoms with Gasteiger partial charge in [-0.2, -0.15) is 0 Å². The molecule has 0 spiro atoms. The lowest BCUT2D eigenvalue weighted by Crippen LogP contribution is -2.40. The summed E-state index contributed by atoms with van der Waals surface area (Å²) < 4.78 is 1.52. The van der Waals surface area contributed by atoms with E-state index in [-0.39, 0.29) is 29.5 Å². The molecule has 5 N–H and O–H groups in total. The fraction of sp³-hybridized carbons (Fsp3) is 0.391. The van der Waals surface area contributed by atoms with Gasteiger partial charge in [0.05, 0.1) is 16.8 Å². The topological polar surface area (TPSA) is 184 Å². The van der Waals surface area contributed by atoms with Crippen LogP contribution in [-0.4, -0.2) is 59.6 Å². The van der Waals surface area contributed by atoms with E-state index in [1.54, 1.807) is 39.0 Å². The van der Waals surface area contributed by atoms with Gasteiger partial charge in [0.2, 0.25) is 11.8 Å². The van der Waals surface area contributed by atoms with Crippen molar-refractivity contribution in [1.82, 2.24) is 19.9 Å². The van der Waals surface area contributed by atoms with Gasteiger partial charge in [-0.25, -0.2) is 14.8 Å². The van der Waals surface area contributed by atoms with Crippen LogP contribution in [-0.2, 0) is 27.3 Å². The Morgan fingerprint density at radius 3 is 2.53 bits per heavy atom. The summed E-state index contributed by atoms with van der Waals surface area (Å²) in [5, 5.41) is 33.7. The Hall–Kier alpha value is -4.00. The predicted molar refractivity (Wildman–Crippen MR) is 130 cm³/mol. The van der Waals surface area contributed by atoms with E-state index < -0.39 is 29.3 Å². The van der Waals surface area contributed by atoms with Crippen LogP contribution in [0.3, 0.4) is 0 Å². The standard InChI is InChI=1S/C23H27N5O7S/c1-23(2,3)22(35)27-16-10-13-18(26-16)24-11-28(20(13)32)9-8-12-4-6-15(36-12)19(31)25-14(21(33)34)5-7-17(29)30/h4,6,10-11,14,32H,5,7-9H2,1-3H3,(H,25,31)(H,27,35)(H,29,30)(H,33,34)/t14-/m0/s1. The molecular formula is C23H27N5O7S. The molecule has 0 aromatic carbocycles. The second-order valence-corrected chi connectivity index (χ2v) is 10.3. The molecule has 12 nitrogen and oxygen atoms in total. The third kappa shape index (κ3) is 6.56. The van der Waals surface area contributed by atoms with E-state index in [0.717, 1.165) is 16.2 Å².